The average Bonchev–Trinajstić information content (AvgIpc) is 2.55. The molecule has 144 valence electrons. The van der Waals surface area contributed by atoms with Crippen molar-refractivity contribution >= 4 is 29.9 Å². The van der Waals surface area contributed by atoms with Crippen molar-refractivity contribution in [3.05, 3.63) is 0 Å². The van der Waals surface area contributed by atoms with Crippen LogP contribution in [0, 0.1) is 5.92 Å². The number of hydrogen-bond acceptors (Lipinski definition) is 3. The van der Waals surface area contributed by atoms with Crippen LogP contribution < -0.4 is 10.6 Å². The Balaban J connectivity index is 0.00000529. The second-order valence-corrected chi connectivity index (χ2v) is 6.71. The molecule has 0 bridgehead atoms. The molecule has 24 heavy (non-hydrogen) atoms. The Labute approximate surface area is 165 Å². The Kier molecular flexibility index (Phi) is 14.1. The number of nitrogens with zero attached hydrogens (tertiary/aromatic N) is 1. The molecular weight excluding hydrogens is 417 g/mol. The van der Waals surface area contributed by atoms with Gasteiger partial charge >= 0.3 is 0 Å². The van der Waals surface area contributed by atoms with Gasteiger partial charge in [0.25, 0.3) is 0 Å². The molecule has 0 aromatic rings. The number of rotatable bonds is 10. The van der Waals surface area contributed by atoms with Crippen LogP contribution in [-0.2, 0) is 4.74 Å². The third-order valence-corrected chi connectivity index (χ3v) is 4.52. The molecular formula is C18H38IN3O2. The van der Waals surface area contributed by atoms with Crippen LogP contribution in [0.5, 0.6) is 0 Å². The molecule has 1 aliphatic heterocycles. The summed E-state index contributed by atoms with van der Waals surface area (Å²) in [5.41, 5.74) is -0.703. The highest BCUT2D eigenvalue weighted by Gasteiger charge is 2.29. The number of nitrogens with one attached hydrogen (secondary N) is 2. The predicted molar refractivity (Wildman–Crippen MR) is 112 cm³/mol. The number of aliphatic imine (C=N–C) groups is 1. The summed E-state index contributed by atoms with van der Waals surface area (Å²) >= 11 is 0. The van der Waals surface area contributed by atoms with Crippen LogP contribution in [0.4, 0.5) is 0 Å². The van der Waals surface area contributed by atoms with Crippen molar-refractivity contribution in [2.45, 2.75) is 71.3 Å². The molecule has 3 N–H and O–H groups in total. The molecule has 1 unspecified atom stereocenters. The van der Waals surface area contributed by atoms with E-state index in [4.69, 9.17) is 4.74 Å². The molecule has 0 aliphatic carbocycles. The molecule has 5 nitrogen and oxygen atoms in total. The molecule has 6 heteroatoms. The first-order valence-electron chi connectivity index (χ1n) is 9.45. The molecule has 0 aromatic heterocycles. The summed E-state index contributed by atoms with van der Waals surface area (Å²) in [6.45, 7) is 10.1. The van der Waals surface area contributed by atoms with Gasteiger partial charge in [-0.2, -0.15) is 0 Å². The lowest BCUT2D eigenvalue weighted by molar-refractivity contribution is -0.0565. The second kappa shape index (κ2) is 14.1. The fourth-order valence-electron chi connectivity index (χ4n) is 2.97. The molecule has 1 fully saturated rings. The second-order valence-electron chi connectivity index (χ2n) is 6.71. The maximum Gasteiger partial charge on any atom is 0.191 e. The molecule has 0 saturated carbocycles. The fourth-order valence-corrected chi connectivity index (χ4v) is 2.97. The lowest BCUT2D eigenvalue weighted by atomic mass is 9.95. The van der Waals surface area contributed by atoms with Gasteiger partial charge in [0.05, 0.1) is 12.1 Å². The van der Waals surface area contributed by atoms with E-state index < -0.39 is 5.60 Å². The quantitative estimate of drug-likeness (QED) is 0.269. The van der Waals surface area contributed by atoms with Crippen LogP contribution in [0.25, 0.3) is 0 Å². The van der Waals surface area contributed by atoms with Gasteiger partial charge in [0, 0.05) is 39.1 Å². The highest BCUT2D eigenvalue weighted by molar-refractivity contribution is 14.0. The Morgan fingerprint density at radius 1 is 1.12 bits per heavy atom. The minimum Gasteiger partial charge on any atom is -0.388 e. The molecule has 1 saturated heterocycles. The lowest BCUT2D eigenvalue weighted by Crippen LogP contribution is -2.43. The summed E-state index contributed by atoms with van der Waals surface area (Å²) in [4.78, 5) is 4.61. The SMILES string of the molecule is CCCCC(CCC)CNC(=NCC1(O)CCOCC1)NCC.I. The zero-order chi connectivity index (χ0) is 17.0. The molecule has 0 spiro atoms. The van der Waals surface area contributed by atoms with E-state index >= 15 is 0 Å². The van der Waals surface area contributed by atoms with Crippen molar-refractivity contribution in [1.29, 1.82) is 0 Å². The Bertz CT molecular complexity index is 334. The normalized spacial score (nSPS) is 18.6. The first kappa shape index (κ1) is 23.9. The summed E-state index contributed by atoms with van der Waals surface area (Å²) < 4.78 is 5.32. The lowest BCUT2D eigenvalue weighted by Gasteiger charge is -2.30. The maximum absolute atomic E-state index is 10.5. The summed E-state index contributed by atoms with van der Waals surface area (Å²) in [7, 11) is 0. The van der Waals surface area contributed by atoms with E-state index in [1.807, 2.05) is 0 Å². The Hall–Kier alpha value is -0.0800. The number of aliphatic hydroxyl groups is 1. The minimum atomic E-state index is -0.703. The fraction of sp³-hybridized carbons (Fsp3) is 0.944. The molecule has 0 aromatic carbocycles. The predicted octanol–water partition coefficient (Wildman–Crippen LogP) is 3.31. The Morgan fingerprint density at radius 2 is 1.83 bits per heavy atom. The molecule has 1 rings (SSSR count). The number of guanidine groups is 1. The summed E-state index contributed by atoms with van der Waals surface area (Å²) in [5.74, 6) is 1.53. The topological polar surface area (TPSA) is 65.9 Å². The van der Waals surface area contributed by atoms with E-state index in [9.17, 15) is 5.11 Å². The maximum atomic E-state index is 10.5. The first-order chi connectivity index (χ1) is 11.1. The van der Waals surface area contributed by atoms with Crippen molar-refractivity contribution < 1.29 is 9.84 Å². The summed E-state index contributed by atoms with van der Waals surface area (Å²) in [6.07, 6.45) is 7.65. The number of ether oxygens (including phenoxy) is 1. The third-order valence-electron chi connectivity index (χ3n) is 4.52. The van der Waals surface area contributed by atoms with E-state index in [0.29, 0.717) is 38.5 Å². The van der Waals surface area contributed by atoms with Gasteiger partial charge in [-0.05, 0) is 25.7 Å². The van der Waals surface area contributed by atoms with Crippen molar-refractivity contribution in [2.75, 3.05) is 32.8 Å². The van der Waals surface area contributed by atoms with Gasteiger partial charge in [-0.25, -0.2) is 0 Å². The van der Waals surface area contributed by atoms with E-state index in [1.54, 1.807) is 0 Å². The number of halogens is 1. The number of unbranched alkanes of at least 4 members (excludes halogenated alkanes) is 1. The van der Waals surface area contributed by atoms with Gasteiger partial charge in [0.1, 0.15) is 0 Å². The van der Waals surface area contributed by atoms with E-state index in [1.165, 1.54) is 32.1 Å². The molecule has 0 amide bonds. The number of hydrogen-bond donors (Lipinski definition) is 3. The van der Waals surface area contributed by atoms with Crippen molar-refractivity contribution in [2.24, 2.45) is 10.9 Å². The summed E-state index contributed by atoms with van der Waals surface area (Å²) in [6, 6.07) is 0. The molecule has 1 aliphatic rings. The Morgan fingerprint density at radius 3 is 2.42 bits per heavy atom. The van der Waals surface area contributed by atoms with Gasteiger partial charge in [-0.1, -0.05) is 33.1 Å². The highest BCUT2D eigenvalue weighted by atomic mass is 127. The van der Waals surface area contributed by atoms with E-state index in [-0.39, 0.29) is 24.0 Å². The standard InChI is InChI=1S/C18H37N3O2.HI/c1-4-7-9-16(8-5-2)14-20-17(19-6-3)21-15-18(22)10-12-23-13-11-18;/h16,22H,4-15H2,1-3H3,(H2,19,20,21);1H. The minimum absolute atomic E-state index is 0. The van der Waals surface area contributed by atoms with Gasteiger partial charge < -0.3 is 20.5 Å². The van der Waals surface area contributed by atoms with Gasteiger partial charge in [0.15, 0.2) is 5.96 Å². The first-order valence-corrected chi connectivity index (χ1v) is 9.45. The third kappa shape index (κ3) is 10.0. The van der Waals surface area contributed by atoms with Gasteiger partial charge in [-0.15, -0.1) is 24.0 Å². The van der Waals surface area contributed by atoms with Crippen molar-refractivity contribution in [1.82, 2.24) is 10.6 Å². The zero-order valence-corrected chi connectivity index (χ0v) is 18.1. The molecule has 1 heterocycles. The average molecular weight is 455 g/mol. The van der Waals surface area contributed by atoms with Crippen LogP contribution in [0.3, 0.4) is 0 Å². The van der Waals surface area contributed by atoms with Crippen LogP contribution in [0.15, 0.2) is 4.99 Å². The highest BCUT2D eigenvalue weighted by Crippen LogP contribution is 2.20. The van der Waals surface area contributed by atoms with E-state index in [2.05, 4.69) is 36.4 Å². The zero-order valence-electron chi connectivity index (χ0n) is 15.8. The van der Waals surface area contributed by atoms with Crippen LogP contribution in [0.1, 0.15) is 65.7 Å². The van der Waals surface area contributed by atoms with Crippen molar-refractivity contribution in [3.63, 3.8) is 0 Å². The van der Waals surface area contributed by atoms with Gasteiger partial charge in [0.2, 0.25) is 0 Å². The van der Waals surface area contributed by atoms with Crippen LogP contribution in [-0.4, -0.2) is 49.5 Å². The largest absolute Gasteiger partial charge is 0.388 e. The molecule has 0 radical (unpaired) electrons. The van der Waals surface area contributed by atoms with E-state index in [0.717, 1.165) is 19.0 Å². The van der Waals surface area contributed by atoms with Crippen LogP contribution >= 0.6 is 24.0 Å². The molecule has 1 atom stereocenters. The van der Waals surface area contributed by atoms with Crippen molar-refractivity contribution in [3.8, 4) is 0 Å². The van der Waals surface area contributed by atoms with Crippen LogP contribution in [0.2, 0.25) is 0 Å². The smallest absolute Gasteiger partial charge is 0.191 e. The monoisotopic (exact) mass is 455 g/mol. The summed E-state index contributed by atoms with van der Waals surface area (Å²) in [5, 5.41) is 17.3. The van der Waals surface area contributed by atoms with Gasteiger partial charge in [-0.3, -0.25) is 4.99 Å².